The first-order valence-electron chi connectivity index (χ1n) is 10.4. The average molecular weight is 376 g/mol. The zero-order valence-electron chi connectivity index (χ0n) is 16.8. The number of carbonyl (C=O) groups is 1. The Morgan fingerprint density at radius 1 is 1.33 bits per heavy atom. The Morgan fingerprint density at radius 2 is 2.07 bits per heavy atom. The van der Waals surface area contributed by atoms with Crippen molar-refractivity contribution < 1.29 is 14.6 Å². The number of nitrogens with zero attached hydrogens (tertiary/aromatic N) is 3. The van der Waals surface area contributed by atoms with Crippen LogP contribution in [0.3, 0.4) is 0 Å². The van der Waals surface area contributed by atoms with Gasteiger partial charge < -0.3 is 9.84 Å². The number of aliphatic hydroxyl groups is 1. The third-order valence-corrected chi connectivity index (χ3v) is 6.21. The predicted molar refractivity (Wildman–Crippen MR) is 104 cm³/mol. The summed E-state index contributed by atoms with van der Waals surface area (Å²) in [5.41, 5.74) is 0.0672. The largest absolute Gasteiger partial charge is 0.456 e. The fourth-order valence-corrected chi connectivity index (χ4v) is 4.55. The van der Waals surface area contributed by atoms with E-state index in [2.05, 4.69) is 24.2 Å². The van der Waals surface area contributed by atoms with Gasteiger partial charge in [-0.25, -0.2) is 9.48 Å². The minimum atomic E-state index is -0.605. The number of esters is 1. The molecule has 1 aromatic heterocycles. The minimum absolute atomic E-state index is 0.280. The van der Waals surface area contributed by atoms with Crippen LogP contribution in [0, 0.1) is 11.8 Å². The predicted octanol–water partition coefficient (Wildman–Crippen LogP) is 3.92. The zero-order chi connectivity index (χ0) is 19.4. The van der Waals surface area contributed by atoms with Crippen molar-refractivity contribution in [1.29, 1.82) is 0 Å². The van der Waals surface area contributed by atoms with Crippen LogP contribution in [0.15, 0.2) is 12.3 Å². The Hall–Kier alpha value is -1.69. The van der Waals surface area contributed by atoms with Crippen LogP contribution < -0.4 is 0 Å². The van der Waals surface area contributed by atoms with Crippen molar-refractivity contribution >= 4 is 12.0 Å². The molecule has 0 bridgehead atoms. The molecule has 2 aliphatic carbocycles. The van der Waals surface area contributed by atoms with Crippen molar-refractivity contribution in [3.63, 3.8) is 0 Å². The fraction of sp³-hybridized carbons (Fsp3) is 0.762. The highest BCUT2D eigenvalue weighted by molar-refractivity contribution is 5.86. The van der Waals surface area contributed by atoms with Gasteiger partial charge in [-0.2, -0.15) is 0 Å². The molecule has 150 valence electrons. The van der Waals surface area contributed by atoms with E-state index in [0.29, 0.717) is 24.1 Å². The maximum absolute atomic E-state index is 12.3. The summed E-state index contributed by atoms with van der Waals surface area (Å²) in [5, 5.41) is 18.8. The number of ether oxygens (including phenoxy) is 1. The normalized spacial score (nSPS) is 30.1. The lowest BCUT2D eigenvalue weighted by atomic mass is 9.73. The molecule has 0 aliphatic heterocycles. The summed E-state index contributed by atoms with van der Waals surface area (Å²) in [6.45, 7) is 6.18. The molecule has 6 nitrogen and oxygen atoms in total. The van der Waals surface area contributed by atoms with E-state index in [1.807, 2.05) is 17.8 Å². The maximum Gasteiger partial charge on any atom is 0.331 e. The Kier molecular flexibility index (Phi) is 6.35. The fourth-order valence-electron chi connectivity index (χ4n) is 4.55. The summed E-state index contributed by atoms with van der Waals surface area (Å²) < 4.78 is 7.61. The summed E-state index contributed by atoms with van der Waals surface area (Å²) in [4.78, 5) is 12.3. The number of aromatic nitrogens is 3. The van der Waals surface area contributed by atoms with Gasteiger partial charge in [-0.3, -0.25) is 0 Å². The highest BCUT2D eigenvalue weighted by Gasteiger charge is 2.40. The molecule has 0 spiro atoms. The highest BCUT2D eigenvalue weighted by atomic mass is 16.6. The Labute approximate surface area is 162 Å². The second-order valence-electron chi connectivity index (χ2n) is 8.84. The SMILES string of the molecule is CC(C)[C@@H]1CC[C@@](C)(OC(=O)/C=C/c2cn(C3CCCCC3)nn2)C[C@H]1O. The van der Waals surface area contributed by atoms with Crippen molar-refractivity contribution in [3.05, 3.63) is 18.0 Å². The molecule has 3 rings (SSSR count). The van der Waals surface area contributed by atoms with Gasteiger partial charge in [-0.15, -0.1) is 5.10 Å². The second kappa shape index (κ2) is 8.55. The Bertz CT molecular complexity index is 663. The molecule has 27 heavy (non-hydrogen) atoms. The van der Waals surface area contributed by atoms with Crippen molar-refractivity contribution in [2.75, 3.05) is 0 Å². The molecule has 0 saturated heterocycles. The van der Waals surface area contributed by atoms with E-state index in [1.165, 1.54) is 25.3 Å². The first-order chi connectivity index (χ1) is 12.9. The molecule has 0 radical (unpaired) electrons. The summed E-state index contributed by atoms with van der Waals surface area (Å²) in [6.07, 6.45) is 12.8. The molecule has 1 heterocycles. The molecule has 0 amide bonds. The standard InChI is InChI=1S/C21H33N3O3/c1-15(2)18-11-12-21(3,13-19(18)25)27-20(26)10-9-16-14-24(23-22-16)17-7-5-4-6-8-17/h9-10,14-15,17-19,25H,4-8,11-13H2,1-3H3/b10-9+/t18-,19+,21+/m0/s1. The monoisotopic (exact) mass is 375 g/mol. The van der Waals surface area contributed by atoms with Gasteiger partial charge in [0.1, 0.15) is 11.3 Å². The second-order valence-corrected chi connectivity index (χ2v) is 8.84. The van der Waals surface area contributed by atoms with Crippen molar-refractivity contribution in [2.24, 2.45) is 11.8 Å². The number of aliphatic hydroxyl groups excluding tert-OH is 1. The summed E-state index contributed by atoms with van der Waals surface area (Å²) in [6, 6.07) is 0.428. The zero-order valence-corrected chi connectivity index (χ0v) is 16.8. The van der Waals surface area contributed by atoms with Crippen molar-refractivity contribution in [3.8, 4) is 0 Å². The van der Waals surface area contributed by atoms with Crippen molar-refractivity contribution in [1.82, 2.24) is 15.0 Å². The molecule has 6 heteroatoms. The van der Waals surface area contributed by atoms with E-state index >= 15 is 0 Å². The molecule has 0 aromatic carbocycles. The topological polar surface area (TPSA) is 77.2 Å². The van der Waals surface area contributed by atoms with Gasteiger partial charge in [-0.1, -0.05) is 38.3 Å². The van der Waals surface area contributed by atoms with E-state index in [-0.39, 0.29) is 11.9 Å². The van der Waals surface area contributed by atoms with Gasteiger partial charge in [0.2, 0.25) is 0 Å². The number of carbonyl (C=O) groups excluding carboxylic acids is 1. The van der Waals surface area contributed by atoms with E-state index in [9.17, 15) is 9.90 Å². The van der Waals surface area contributed by atoms with Crippen LogP contribution in [-0.4, -0.2) is 37.8 Å². The Balaban J connectivity index is 1.54. The maximum atomic E-state index is 12.3. The molecule has 3 atom stereocenters. The summed E-state index contributed by atoms with van der Waals surface area (Å²) in [7, 11) is 0. The lowest BCUT2D eigenvalue weighted by Crippen LogP contribution is -2.44. The molecule has 0 unspecified atom stereocenters. The van der Waals surface area contributed by atoms with E-state index in [0.717, 1.165) is 25.7 Å². The lowest BCUT2D eigenvalue weighted by Gasteiger charge is -2.41. The quantitative estimate of drug-likeness (QED) is 0.623. The average Bonchev–Trinajstić information content (AvgIpc) is 3.09. The first-order valence-corrected chi connectivity index (χ1v) is 10.4. The van der Waals surface area contributed by atoms with Crippen LogP contribution in [-0.2, 0) is 9.53 Å². The highest BCUT2D eigenvalue weighted by Crippen LogP contribution is 2.38. The molecule has 1 aromatic rings. The molecule has 1 N–H and O–H groups in total. The first kappa shape index (κ1) is 20.1. The minimum Gasteiger partial charge on any atom is -0.456 e. The van der Waals surface area contributed by atoms with Gasteiger partial charge in [0.25, 0.3) is 0 Å². The lowest BCUT2D eigenvalue weighted by molar-refractivity contribution is -0.161. The third kappa shape index (κ3) is 5.18. The van der Waals surface area contributed by atoms with Crippen LogP contribution in [0.2, 0.25) is 0 Å². The van der Waals surface area contributed by atoms with Gasteiger partial charge in [-0.05, 0) is 50.5 Å². The van der Waals surface area contributed by atoms with Gasteiger partial charge >= 0.3 is 5.97 Å². The van der Waals surface area contributed by atoms with Gasteiger partial charge in [0, 0.05) is 12.5 Å². The summed E-state index contributed by atoms with van der Waals surface area (Å²) >= 11 is 0. The molecular formula is C21H33N3O3. The number of rotatable bonds is 5. The molecule has 2 fully saturated rings. The number of hydrogen-bond acceptors (Lipinski definition) is 5. The Morgan fingerprint density at radius 3 is 2.74 bits per heavy atom. The van der Waals surface area contributed by atoms with Crippen molar-refractivity contribution in [2.45, 2.75) is 89.9 Å². The van der Waals surface area contributed by atoms with Gasteiger partial charge in [0.15, 0.2) is 0 Å². The van der Waals surface area contributed by atoms with Crippen LogP contribution >= 0.6 is 0 Å². The van der Waals surface area contributed by atoms with E-state index < -0.39 is 11.7 Å². The van der Waals surface area contributed by atoms with Crippen LogP contribution in [0.25, 0.3) is 6.08 Å². The van der Waals surface area contributed by atoms with E-state index in [4.69, 9.17) is 4.74 Å². The van der Waals surface area contributed by atoms with Crippen LogP contribution in [0.5, 0.6) is 0 Å². The molecule has 2 saturated carbocycles. The molecule has 2 aliphatic rings. The smallest absolute Gasteiger partial charge is 0.331 e. The van der Waals surface area contributed by atoms with Crippen LogP contribution in [0.1, 0.15) is 83.9 Å². The molecular weight excluding hydrogens is 342 g/mol. The number of hydrogen-bond donors (Lipinski definition) is 1. The third-order valence-electron chi connectivity index (χ3n) is 6.21. The van der Waals surface area contributed by atoms with Crippen LogP contribution in [0.4, 0.5) is 0 Å². The van der Waals surface area contributed by atoms with Gasteiger partial charge in [0.05, 0.1) is 18.3 Å². The summed E-state index contributed by atoms with van der Waals surface area (Å²) in [5.74, 6) is 0.328. The van der Waals surface area contributed by atoms with E-state index in [1.54, 1.807) is 6.08 Å².